The van der Waals surface area contributed by atoms with E-state index in [-0.39, 0.29) is 24.0 Å². The number of carbonyl (C=O) groups excluding carboxylic acids is 2. The summed E-state index contributed by atoms with van der Waals surface area (Å²) in [6.07, 6.45) is -1.67. The van der Waals surface area contributed by atoms with Crippen molar-refractivity contribution in [2.24, 2.45) is 11.8 Å². The smallest absolute Gasteiger partial charge is 0.410 e. The highest BCUT2D eigenvalue weighted by Crippen LogP contribution is 2.22. The molecule has 0 radical (unpaired) electrons. The minimum absolute atomic E-state index is 0.0430. The molecule has 0 spiro atoms. The first kappa shape index (κ1) is 22.5. The zero-order valence-corrected chi connectivity index (χ0v) is 16.7. The first-order valence-corrected chi connectivity index (χ1v) is 9.14. The van der Waals surface area contributed by atoms with E-state index in [0.29, 0.717) is 26.2 Å². The van der Waals surface area contributed by atoms with Gasteiger partial charge >= 0.3 is 12.2 Å². The van der Waals surface area contributed by atoms with Crippen LogP contribution in [0.5, 0.6) is 0 Å². The van der Waals surface area contributed by atoms with Crippen molar-refractivity contribution in [1.29, 1.82) is 0 Å². The summed E-state index contributed by atoms with van der Waals surface area (Å²) in [6.45, 7) is 17.9. The summed E-state index contributed by atoms with van der Waals surface area (Å²) < 4.78 is 11.4. The first-order valence-electron chi connectivity index (χ1n) is 9.14. The van der Waals surface area contributed by atoms with E-state index in [0.717, 1.165) is 0 Å². The summed E-state index contributed by atoms with van der Waals surface area (Å²) in [5, 5.41) is 0. The molecule has 0 heterocycles. The number of amides is 2. The Hall–Kier alpha value is -1.46. The molecule has 0 aromatic rings. The van der Waals surface area contributed by atoms with E-state index in [1.165, 1.54) is 0 Å². The predicted octanol–water partition coefficient (Wildman–Crippen LogP) is 3.99. The van der Waals surface area contributed by atoms with Crippen molar-refractivity contribution in [3.63, 3.8) is 0 Å². The van der Waals surface area contributed by atoms with Crippen LogP contribution in [0.25, 0.3) is 0 Å². The summed E-state index contributed by atoms with van der Waals surface area (Å²) >= 11 is 0. The Bertz CT molecular complexity index is 341. The fourth-order valence-electron chi connectivity index (χ4n) is 2.51. The standard InChI is InChI=1S/C18H36N2O4/c1-9-19(10-2)17(21)23-15(13(5)6)16(14(7)8)24-18(22)20(11-3)12-4/h13-16H,9-12H2,1-8H3. The monoisotopic (exact) mass is 344 g/mol. The number of carbonyl (C=O) groups is 2. The Kier molecular flexibility index (Phi) is 10.5. The number of hydrogen-bond acceptors (Lipinski definition) is 4. The number of rotatable bonds is 9. The summed E-state index contributed by atoms with van der Waals surface area (Å²) in [6, 6.07) is 0. The molecule has 0 aromatic heterocycles. The van der Waals surface area contributed by atoms with Gasteiger partial charge in [-0.15, -0.1) is 0 Å². The van der Waals surface area contributed by atoms with Crippen LogP contribution in [0.4, 0.5) is 9.59 Å². The SMILES string of the molecule is CCN(CC)C(=O)OC(C(C)C)C(OC(=O)N(CC)CC)C(C)C. The maximum atomic E-state index is 12.3. The fourth-order valence-corrected chi connectivity index (χ4v) is 2.51. The van der Waals surface area contributed by atoms with Gasteiger partial charge < -0.3 is 19.3 Å². The van der Waals surface area contributed by atoms with Gasteiger partial charge in [0.05, 0.1) is 0 Å². The van der Waals surface area contributed by atoms with Gasteiger partial charge in [0, 0.05) is 26.2 Å². The second kappa shape index (κ2) is 11.2. The molecule has 2 atom stereocenters. The van der Waals surface area contributed by atoms with Gasteiger partial charge in [-0.3, -0.25) is 0 Å². The molecule has 0 fully saturated rings. The van der Waals surface area contributed by atoms with Crippen LogP contribution >= 0.6 is 0 Å². The van der Waals surface area contributed by atoms with Crippen molar-refractivity contribution >= 4 is 12.2 Å². The topological polar surface area (TPSA) is 59.1 Å². The molecule has 6 heteroatoms. The molecule has 24 heavy (non-hydrogen) atoms. The van der Waals surface area contributed by atoms with Gasteiger partial charge in [0.2, 0.25) is 0 Å². The third kappa shape index (κ3) is 6.57. The van der Waals surface area contributed by atoms with Crippen molar-refractivity contribution in [2.75, 3.05) is 26.2 Å². The Balaban J connectivity index is 5.24. The van der Waals surface area contributed by atoms with Gasteiger partial charge in [0.15, 0.2) is 0 Å². The van der Waals surface area contributed by atoms with Crippen LogP contribution in [-0.4, -0.2) is 60.4 Å². The Morgan fingerprint density at radius 1 is 0.667 bits per heavy atom. The van der Waals surface area contributed by atoms with Crippen LogP contribution in [0.3, 0.4) is 0 Å². The number of nitrogens with zero attached hydrogens (tertiary/aromatic N) is 2. The molecule has 0 aromatic carbocycles. The molecule has 142 valence electrons. The normalized spacial score (nSPS) is 13.6. The van der Waals surface area contributed by atoms with E-state index in [2.05, 4.69) is 0 Å². The molecule has 2 amide bonds. The van der Waals surface area contributed by atoms with Crippen LogP contribution in [0, 0.1) is 11.8 Å². The third-order valence-electron chi connectivity index (χ3n) is 4.16. The summed E-state index contributed by atoms with van der Waals surface area (Å²) in [5.74, 6) is 0.0860. The van der Waals surface area contributed by atoms with E-state index < -0.39 is 12.2 Å². The third-order valence-corrected chi connectivity index (χ3v) is 4.16. The average Bonchev–Trinajstić information content (AvgIpc) is 2.52. The lowest BCUT2D eigenvalue weighted by atomic mass is 9.93. The zero-order chi connectivity index (χ0) is 18.9. The minimum atomic E-state index is -0.474. The second-order valence-electron chi connectivity index (χ2n) is 6.53. The molecule has 0 N–H and O–H groups in total. The first-order chi connectivity index (χ1) is 11.2. The lowest BCUT2D eigenvalue weighted by Gasteiger charge is -2.34. The summed E-state index contributed by atoms with van der Waals surface area (Å²) in [7, 11) is 0. The summed E-state index contributed by atoms with van der Waals surface area (Å²) in [5.41, 5.74) is 0. The Labute approximate surface area is 147 Å². The molecule has 0 aliphatic carbocycles. The van der Waals surface area contributed by atoms with Crippen molar-refractivity contribution in [3.8, 4) is 0 Å². The van der Waals surface area contributed by atoms with Crippen LogP contribution < -0.4 is 0 Å². The van der Waals surface area contributed by atoms with E-state index >= 15 is 0 Å². The highest BCUT2D eigenvalue weighted by Gasteiger charge is 2.35. The number of hydrogen-bond donors (Lipinski definition) is 0. The van der Waals surface area contributed by atoms with E-state index in [4.69, 9.17) is 9.47 Å². The van der Waals surface area contributed by atoms with Crippen molar-refractivity contribution in [2.45, 2.75) is 67.6 Å². The largest absolute Gasteiger partial charge is 0.442 e. The molecule has 6 nitrogen and oxygen atoms in total. The van der Waals surface area contributed by atoms with Crippen molar-refractivity contribution in [3.05, 3.63) is 0 Å². The van der Waals surface area contributed by atoms with Crippen LogP contribution in [0.1, 0.15) is 55.4 Å². The molecule has 0 aliphatic rings. The highest BCUT2D eigenvalue weighted by atomic mass is 16.6. The average molecular weight is 344 g/mol. The summed E-state index contributed by atoms with van der Waals surface area (Å²) in [4.78, 5) is 27.9. The maximum absolute atomic E-state index is 12.3. The van der Waals surface area contributed by atoms with Crippen LogP contribution in [0.15, 0.2) is 0 Å². The molecular weight excluding hydrogens is 308 g/mol. The molecule has 0 saturated carbocycles. The number of ether oxygens (including phenoxy) is 2. The maximum Gasteiger partial charge on any atom is 0.410 e. The predicted molar refractivity (Wildman–Crippen MR) is 96.1 cm³/mol. The van der Waals surface area contributed by atoms with Crippen LogP contribution in [-0.2, 0) is 9.47 Å². The van der Waals surface area contributed by atoms with E-state index in [9.17, 15) is 9.59 Å². The molecule has 0 bridgehead atoms. The second-order valence-corrected chi connectivity index (χ2v) is 6.53. The lowest BCUT2D eigenvalue weighted by Crippen LogP contribution is -2.47. The fraction of sp³-hybridized carbons (Fsp3) is 0.889. The van der Waals surface area contributed by atoms with E-state index in [1.807, 2.05) is 55.4 Å². The van der Waals surface area contributed by atoms with E-state index in [1.54, 1.807) is 9.80 Å². The van der Waals surface area contributed by atoms with Gasteiger partial charge in [-0.2, -0.15) is 0 Å². The Morgan fingerprint density at radius 3 is 1.08 bits per heavy atom. The van der Waals surface area contributed by atoms with Crippen LogP contribution in [0.2, 0.25) is 0 Å². The van der Waals surface area contributed by atoms with Crippen molar-refractivity contribution in [1.82, 2.24) is 9.80 Å². The van der Waals surface area contributed by atoms with Gasteiger partial charge in [0.1, 0.15) is 12.2 Å². The lowest BCUT2D eigenvalue weighted by molar-refractivity contribution is -0.0648. The van der Waals surface area contributed by atoms with Gasteiger partial charge in [0.25, 0.3) is 0 Å². The minimum Gasteiger partial charge on any atom is -0.442 e. The highest BCUT2D eigenvalue weighted by molar-refractivity contribution is 5.69. The quantitative estimate of drug-likeness (QED) is 0.634. The molecule has 2 unspecified atom stereocenters. The molecule has 0 aliphatic heterocycles. The van der Waals surface area contributed by atoms with Crippen molar-refractivity contribution < 1.29 is 19.1 Å². The molecular formula is C18H36N2O4. The molecule has 0 saturated heterocycles. The molecule has 0 rings (SSSR count). The Morgan fingerprint density at radius 2 is 0.917 bits per heavy atom. The van der Waals surface area contributed by atoms with Gasteiger partial charge in [-0.05, 0) is 39.5 Å². The zero-order valence-electron chi connectivity index (χ0n) is 16.7. The van der Waals surface area contributed by atoms with Gasteiger partial charge in [-0.25, -0.2) is 9.59 Å². The van der Waals surface area contributed by atoms with Gasteiger partial charge in [-0.1, -0.05) is 27.7 Å².